The first-order chi connectivity index (χ1) is 13.2. The van der Waals surface area contributed by atoms with Gasteiger partial charge in [-0.05, 0) is 43.5 Å². The lowest BCUT2D eigenvalue weighted by atomic mass is 10.1. The van der Waals surface area contributed by atoms with Gasteiger partial charge in [0.15, 0.2) is 5.82 Å². The summed E-state index contributed by atoms with van der Waals surface area (Å²) in [7, 11) is 0. The van der Waals surface area contributed by atoms with Gasteiger partial charge in [0, 0.05) is 24.0 Å². The first-order valence-corrected chi connectivity index (χ1v) is 9.03. The van der Waals surface area contributed by atoms with E-state index < -0.39 is 0 Å². The second-order valence-electron chi connectivity index (χ2n) is 6.20. The van der Waals surface area contributed by atoms with E-state index in [1.54, 1.807) is 13.1 Å². The zero-order valence-corrected chi connectivity index (χ0v) is 15.5. The van der Waals surface area contributed by atoms with Gasteiger partial charge in [-0.15, -0.1) is 0 Å². The maximum absolute atomic E-state index is 12.4. The molecule has 1 aromatic carbocycles. The van der Waals surface area contributed by atoms with E-state index in [-0.39, 0.29) is 12.1 Å². The molecule has 0 fully saturated rings. The Morgan fingerprint density at radius 3 is 2.70 bits per heavy atom. The monoisotopic (exact) mass is 365 g/mol. The normalized spacial score (nSPS) is 11.8. The van der Waals surface area contributed by atoms with Crippen molar-refractivity contribution < 1.29 is 9.32 Å². The van der Waals surface area contributed by atoms with E-state index in [0.29, 0.717) is 18.1 Å². The van der Waals surface area contributed by atoms with Crippen molar-refractivity contribution in [2.24, 2.45) is 0 Å². The van der Waals surface area contributed by atoms with Gasteiger partial charge in [-0.1, -0.05) is 36.3 Å². The fourth-order valence-electron chi connectivity index (χ4n) is 2.67. The van der Waals surface area contributed by atoms with E-state index in [0.717, 1.165) is 29.8 Å². The molecule has 3 rings (SSSR count). The lowest BCUT2D eigenvalue weighted by Gasteiger charge is -2.14. The van der Waals surface area contributed by atoms with E-state index in [2.05, 4.69) is 25.8 Å². The van der Waals surface area contributed by atoms with Gasteiger partial charge in [0.25, 0.3) is 0 Å². The smallest absolute Gasteiger partial charge is 0.319 e. The minimum absolute atomic E-state index is 0.316. The van der Waals surface area contributed by atoms with Crippen LogP contribution in [0.5, 0.6) is 0 Å². The average molecular weight is 365 g/mol. The quantitative estimate of drug-likeness (QED) is 0.666. The lowest BCUT2D eigenvalue weighted by molar-refractivity contribution is 0.245. The molecule has 0 bridgehead atoms. The van der Waals surface area contributed by atoms with Gasteiger partial charge in [0.1, 0.15) is 6.04 Å². The van der Waals surface area contributed by atoms with Crippen LogP contribution in [0.25, 0.3) is 0 Å². The summed E-state index contributed by atoms with van der Waals surface area (Å²) < 4.78 is 5.17. The molecule has 27 heavy (non-hydrogen) atoms. The Bertz CT molecular complexity index is 879. The molecule has 3 aromatic rings. The number of benzene rings is 1. The molecule has 0 radical (unpaired) electrons. The number of carbonyl (C=O) groups is 1. The number of hydrogen-bond acceptors (Lipinski definition) is 5. The molecule has 0 aliphatic heterocycles. The minimum atomic E-state index is -0.376. The molecule has 1 atom stereocenters. The van der Waals surface area contributed by atoms with Gasteiger partial charge < -0.3 is 15.2 Å². The minimum Gasteiger partial charge on any atom is -0.337 e. The fraction of sp³-hybridized carbons (Fsp3) is 0.300. The molecule has 2 amide bonds. The first-order valence-electron chi connectivity index (χ1n) is 9.03. The molecule has 2 heterocycles. The maximum Gasteiger partial charge on any atom is 0.319 e. The predicted octanol–water partition coefficient (Wildman–Crippen LogP) is 3.69. The van der Waals surface area contributed by atoms with E-state index in [1.165, 1.54) is 0 Å². The predicted molar refractivity (Wildman–Crippen MR) is 102 cm³/mol. The zero-order chi connectivity index (χ0) is 19.1. The van der Waals surface area contributed by atoms with Crippen molar-refractivity contribution in [2.75, 3.05) is 5.32 Å². The summed E-state index contributed by atoms with van der Waals surface area (Å²) in [4.78, 5) is 21.0. The van der Waals surface area contributed by atoms with Gasteiger partial charge in [-0.2, -0.15) is 4.98 Å². The lowest BCUT2D eigenvalue weighted by Crippen LogP contribution is -2.31. The Morgan fingerprint density at radius 1 is 1.15 bits per heavy atom. The van der Waals surface area contributed by atoms with Gasteiger partial charge in [-0.3, -0.25) is 4.98 Å². The second-order valence-corrected chi connectivity index (χ2v) is 6.20. The summed E-state index contributed by atoms with van der Waals surface area (Å²) in [5, 5.41) is 9.58. The number of carbonyl (C=O) groups excluding carboxylic acids is 1. The number of pyridine rings is 1. The van der Waals surface area contributed by atoms with E-state index in [9.17, 15) is 4.79 Å². The summed E-state index contributed by atoms with van der Waals surface area (Å²) in [6.07, 6.45) is 4.06. The third-order valence-corrected chi connectivity index (χ3v) is 4.16. The summed E-state index contributed by atoms with van der Waals surface area (Å²) in [6, 6.07) is 12.9. The number of rotatable bonds is 7. The van der Waals surface area contributed by atoms with Crippen LogP contribution >= 0.6 is 0 Å². The van der Waals surface area contributed by atoms with Crippen LogP contribution in [-0.2, 0) is 19.3 Å². The van der Waals surface area contributed by atoms with Crippen molar-refractivity contribution in [1.29, 1.82) is 0 Å². The number of hydrogen-bond donors (Lipinski definition) is 2. The van der Waals surface area contributed by atoms with Gasteiger partial charge in [-0.25, -0.2) is 4.79 Å². The Labute approximate surface area is 158 Å². The molecule has 7 nitrogen and oxygen atoms in total. The number of amides is 2. The number of anilines is 1. The third-order valence-electron chi connectivity index (χ3n) is 4.16. The largest absolute Gasteiger partial charge is 0.337 e. The van der Waals surface area contributed by atoms with Crippen LogP contribution < -0.4 is 10.6 Å². The number of aryl methyl sites for hydroxylation is 3. The molecule has 0 saturated heterocycles. The topological polar surface area (TPSA) is 92.9 Å². The number of urea groups is 1. The van der Waals surface area contributed by atoms with Crippen LogP contribution in [0.3, 0.4) is 0 Å². The van der Waals surface area contributed by atoms with Crippen molar-refractivity contribution in [3.05, 3.63) is 71.6 Å². The highest BCUT2D eigenvalue weighted by molar-refractivity contribution is 5.90. The third kappa shape index (κ3) is 5.13. The van der Waals surface area contributed by atoms with Crippen molar-refractivity contribution in [1.82, 2.24) is 20.4 Å². The van der Waals surface area contributed by atoms with Crippen LogP contribution in [0.15, 0.2) is 53.2 Å². The second kappa shape index (κ2) is 8.93. The summed E-state index contributed by atoms with van der Waals surface area (Å²) >= 11 is 0. The van der Waals surface area contributed by atoms with Crippen molar-refractivity contribution >= 4 is 11.7 Å². The van der Waals surface area contributed by atoms with E-state index >= 15 is 0 Å². The Hall–Kier alpha value is -3.22. The highest BCUT2D eigenvalue weighted by Gasteiger charge is 2.16. The van der Waals surface area contributed by atoms with Gasteiger partial charge >= 0.3 is 6.03 Å². The van der Waals surface area contributed by atoms with Crippen LogP contribution in [0, 0.1) is 0 Å². The standard InChI is InChI=1S/C20H23N5O2/c1-3-18-24-19(27-25-18)14(2)22-20(26)23-17-10-5-4-8-15(17)11-12-16-9-6-7-13-21-16/h4-10,13-14H,3,11-12H2,1-2H3,(H2,22,23,26). The van der Waals surface area contributed by atoms with Crippen LogP contribution in [0.1, 0.15) is 42.9 Å². The number of para-hydroxylation sites is 1. The van der Waals surface area contributed by atoms with Gasteiger partial charge in [0.2, 0.25) is 5.89 Å². The molecule has 0 spiro atoms. The van der Waals surface area contributed by atoms with Crippen molar-refractivity contribution in [2.45, 2.75) is 39.2 Å². The zero-order valence-electron chi connectivity index (χ0n) is 15.5. The molecular weight excluding hydrogens is 342 g/mol. The van der Waals surface area contributed by atoms with E-state index in [1.807, 2.05) is 49.4 Å². The molecule has 2 N–H and O–H groups in total. The highest BCUT2D eigenvalue weighted by Crippen LogP contribution is 2.18. The van der Waals surface area contributed by atoms with Crippen LogP contribution in [0.4, 0.5) is 10.5 Å². The Morgan fingerprint density at radius 2 is 1.96 bits per heavy atom. The highest BCUT2D eigenvalue weighted by atomic mass is 16.5. The summed E-state index contributed by atoms with van der Waals surface area (Å²) in [5.74, 6) is 1.02. The SMILES string of the molecule is CCc1noc(C(C)NC(=O)Nc2ccccc2CCc2ccccn2)n1. The molecule has 1 unspecified atom stereocenters. The molecule has 0 aliphatic carbocycles. The molecule has 2 aromatic heterocycles. The summed E-state index contributed by atoms with van der Waals surface area (Å²) in [5.41, 5.74) is 2.85. The van der Waals surface area contributed by atoms with E-state index in [4.69, 9.17) is 4.52 Å². The Balaban J connectivity index is 1.60. The molecular formula is C20H23N5O2. The average Bonchev–Trinajstić information content (AvgIpc) is 3.17. The molecule has 7 heteroatoms. The van der Waals surface area contributed by atoms with Crippen LogP contribution in [-0.4, -0.2) is 21.2 Å². The van der Waals surface area contributed by atoms with Crippen molar-refractivity contribution in [3.8, 4) is 0 Å². The maximum atomic E-state index is 12.4. The summed E-state index contributed by atoms with van der Waals surface area (Å²) in [6.45, 7) is 3.75. The number of nitrogens with zero attached hydrogens (tertiary/aromatic N) is 3. The molecule has 140 valence electrons. The molecule has 0 aliphatic rings. The van der Waals surface area contributed by atoms with Gasteiger partial charge in [0.05, 0.1) is 0 Å². The Kier molecular flexibility index (Phi) is 6.14. The molecule has 0 saturated carbocycles. The first kappa shape index (κ1) is 18.6. The van der Waals surface area contributed by atoms with Crippen LogP contribution in [0.2, 0.25) is 0 Å². The fourth-order valence-corrected chi connectivity index (χ4v) is 2.67. The number of aromatic nitrogens is 3. The van der Waals surface area contributed by atoms with Crippen molar-refractivity contribution in [3.63, 3.8) is 0 Å². The number of nitrogens with one attached hydrogen (secondary N) is 2.